The van der Waals surface area contributed by atoms with Gasteiger partial charge in [-0.2, -0.15) is 0 Å². The van der Waals surface area contributed by atoms with Crippen molar-refractivity contribution in [1.82, 2.24) is 5.32 Å². The largest absolute Gasteiger partial charge is 0.390 e. The van der Waals surface area contributed by atoms with E-state index in [0.717, 1.165) is 0 Å². The second kappa shape index (κ2) is 4.22. The van der Waals surface area contributed by atoms with E-state index in [-0.39, 0.29) is 5.11 Å². The second-order valence-electron chi connectivity index (χ2n) is 1.24. The van der Waals surface area contributed by atoms with Crippen LogP contribution in [0.2, 0.25) is 0 Å². The lowest BCUT2D eigenvalue weighted by Gasteiger charge is -1.91. The maximum Gasteiger partial charge on any atom is 0.167 e. The maximum atomic E-state index is 5.10. The average Bonchev–Trinajstić information content (AvgIpc) is 1.63. The average molecular weight is 161 g/mol. The van der Waals surface area contributed by atoms with E-state index in [1.807, 2.05) is 0 Å². The van der Waals surface area contributed by atoms with Gasteiger partial charge in [0.1, 0.15) is 0 Å². The number of nitrogens with one attached hydrogen (secondary N) is 1. The van der Waals surface area contributed by atoms with Crippen molar-refractivity contribution in [3.05, 3.63) is 12.3 Å². The predicted molar refractivity (Wildman–Crippen MR) is 45.8 cm³/mol. The number of rotatable bonds is 2. The Hall–Kier alpha value is -0.680. The Morgan fingerprint density at radius 2 is 1.89 bits per heavy atom. The molecular formula is C4H7N3S2. The van der Waals surface area contributed by atoms with Gasteiger partial charge in [0.05, 0.1) is 4.99 Å². The second-order valence-corrected chi connectivity index (χ2v) is 2.16. The van der Waals surface area contributed by atoms with Gasteiger partial charge in [0.25, 0.3) is 0 Å². The van der Waals surface area contributed by atoms with E-state index in [1.54, 1.807) is 0 Å². The van der Waals surface area contributed by atoms with Crippen molar-refractivity contribution in [2.45, 2.75) is 0 Å². The van der Waals surface area contributed by atoms with Crippen molar-refractivity contribution in [3.8, 4) is 0 Å². The zero-order valence-electron chi connectivity index (χ0n) is 4.63. The molecule has 5 heteroatoms. The SMILES string of the molecule is NC(=S)/C=C/NC(N)=S. The van der Waals surface area contributed by atoms with Gasteiger partial charge in [-0.05, 0) is 18.3 Å². The summed E-state index contributed by atoms with van der Waals surface area (Å²) in [6.45, 7) is 0. The van der Waals surface area contributed by atoms with E-state index in [1.165, 1.54) is 12.3 Å². The van der Waals surface area contributed by atoms with Crippen LogP contribution in [0.25, 0.3) is 0 Å². The van der Waals surface area contributed by atoms with Crippen LogP contribution in [0.4, 0.5) is 0 Å². The third-order valence-corrected chi connectivity index (χ3v) is 0.727. The van der Waals surface area contributed by atoms with E-state index in [9.17, 15) is 0 Å². The topological polar surface area (TPSA) is 64.1 Å². The molecule has 0 heterocycles. The summed E-state index contributed by atoms with van der Waals surface area (Å²) in [5.41, 5.74) is 10.2. The number of nitrogens with two attached hydrogens (primary N) is 2. The molecule has 0 spiro atoms. The molecular weight excluding hydrogens is 154 g/mol. The highest BCUT2D eigenvalue weighted by molar-refractivity contribution is 7.80. The highest BCUT2D eigenvalue weighted by Gasteiger charge is 1.77. The van der Waals surface area contributed by atoms with Crippen molar-refractivity contribution in [2.24, 2.45) is 11.5 Å². The molecule has 0 aliphatic heterocycles. The van der Waals surface area contributed by atoms with Crippen LogP contribution < -0.4 is 16.8 Å². The minimum atomic E-state index is 0.197. The molecule has 0 rings (SSSR count). The molecule has 5 N–H and O–H groups in total. The summed E-state index contributed by atoms with van der Waals surface area (Å²) >= 11 is 8.99. The minimum absolute atomic E-state index is 0.197. The van der Waals surface area contributed by atoms with Crippen molar-refractivity contribution >= 4 is 34.5 Å². The Labute approximate surface area is 64.1 Å². The molecule has 0 aromatic rings. The third kappa shape index (κ3) is 7.32. The van der Waals surface area contributed by atoms with E-state index in [4.69, 9.17) is 11.5 Å². The molecule has 50 valence electrons. The van der Waals surface area contributed by atoms with Crippen LogP contribution >= 0.6 is 24.4 Å². The molecule has 0 saturated heterocycles. The summed E-state index contributed by atoms with van der Waals surface area (Å²) < 4.78 is 0. The van der Waals surface area contributed by atoms with Gasteiger partial charge in [-0.3, -0.25) is 0 Å². The van der Waals surface area contributed by atoms with Crippen LogP contribution in [0.1, 0.15) is 0 Å². The van der Waals surface area contributed by atoms with E-state index < -0.39 is 0 Å². The Morgan fingerprint density at radius 3 is 2.22 bits per heavy atom. The Morgan fingerprint density at radius 1 is 1.33 bits per heavy atom. The molecule has 9 heavy (non-hydrogen) atoms. The standard InChI is InChI=1S/C4H7N3S2/c5-3(8)1-2-7-4(6)9/h1-2H,(H2,5,8)(H3,6,7,9)/b2-1+. The number of hydrogen-bond acceptors (Lipinski definition) is 2. The van der Waals surface area contributed by atoms with Gasteiger partial charge in [0.15, 0.2) is 5.11 Å². The maximum absolute atomic E-state index is 5.10. The van der Waals surface area contributed by atoms with Crippen LogP contribution in [0.5, 0.6) is 0 Å². The summed E-state index contributed by atoms with van der Waals surface area (Å²) in [4.78, 5) is 0.291. The lowest BCUT2D eigenvalue weighted by Crippen LogP contribution is -2.24. The van der Waals surface area contributed by atoms with E-state index in [0.29, 0.717) is 4.99 Å². The first-order valence-corrected chi connectivity index (χ1v) is 2.96. The van der Waals surface area contributed by atoms with Gasteiger partial charge in [-0.15, -0.1) is 0 Å². The van der Waals surface area contributed by atoms with Crippen molar-refractivity contribution in [3.63, 3.8) is 0 Å². The monoisotopic (exact) mass is 161 g/mol. The summed E-state index contributed by atoms with van der Waals surface area (Å²) in [6, 6.07) is 0. The predicted octanol–water partition coefficient (Wildman–Crippen LogP) is -0.381. The first-order chi connectivity index (χ1) is 4.13. The van der Waals surface area contributed by atoms with Gasteiger partial charge in [0.2, 0.25) is 0 Å². The van der Waals surface area contributed by atoms with Gasteiger partial charge < -0.3 is 16.8 Å². The van der Waals surface area contributed by atoms with Gasteiger partial charge in [-0.1, -0.05) is 12.2 Å². The molecule has 0 fully saturated rings. The fourth-order valence-corrected chi connectivity index (χ4v) is 0.342. The molecule has 0 unspecified atom stereocenters. The molecule has 0 amide bonds. The van der Waals surface area contributed by atoms with Crippen LogP contribution in [-0.2, 0) is 0 Å². The lowest BCUT2D eigenvalue weighted by atomic mass is 10.6. The molecule has 0 bridgehead atoms. The number of thiocarbonyl (C=S) groups is 2. The molecule has 0 aliphatic carbocycles. The zero-order valence-corrected chi connectivity index (χ0v) is 6.26. The summed E-state index contributed by atoms with van der Waals surface area (Å²) in [5.74, 6) is 0. The zero-order chi connectivity index (χ0) is 7.28. The summed E-state index contributed by atoms with van der Waals surface area (Å²) in [5, 5.41) is 2.73. The first-order valence-electron chi connectivity index (χ1n) is 2.15. The summed E-state index contributed by atoms with van der Waals surface area (Å²) in [7, 11) is 0. The smallest absolute Gasteiger partial charge is 0.167 e. The Balaban J connectivity index is 3.48. The Kier molecular flexibility index (Phi) is 3.90. The molecule has 3 nitrogen and oxygen atoms in total. The van der Waals surface area contributed by atoms with Crippen molar-refractivity contribution in [1.29, 1.82) is 0 Å². The number of hydrogen-bond donors (Lipinski definition) is 3. The van der Waals surface area contributed by atoms with Crippen molar-refractivity contribution < 1.29 is 0 Å². The third-order valence-electron chi connectivity index (χ3n) is 0.473. The van der Waals surface area contributed by atoms with Crippen LogP contribution in [-0.4, -0.2) is 10.1 Å². The fraction of sp³-hybridized carbons (Fsp3) is 0. The minimum Gasteiger partial charge on any atom is -0.390 e. The summed E-state index contributed by atoms with van der Waals surface area (Å²) in [6.07, 6.45) is 2.99. The van der Waals surface area contributed by atoms with E-state index in [2.05, 4.69) is 29.8 Å². The Bertz CT molecular complexity index is 152. The van der Waals surface area contributed by atoms with Crippen LogP contribution in [0, 0.1) is 0 Å². The normalized spacial score (nSPS) is 9.33. The van der Waals surface area contributed by atoms with Gasteiger partial charge in [-0.25, -0.2) is 0 Å². The fourth-order valence-electron chi connectivity index (χ4n) is 0.206. The molecule has 0 aliphatic rings. The van der Waals surface area contributed by atoms with Crippen molar-refractivity contribution in [2.75, 3.05) is 0 Å². The highest BCUT2D eigenvalue weighted by atomic mass is 32.1. The molecule has 0 atom stereocenters. The van der Waals surface area contributed by atoms with Crippen LogP contribution in [0.15, 0.2) is 12.3 Å². The van der Waals surface area contributed by atoms with Gasteiger partial charge >= 0.3 is 0 Å². The van der Waals surface area contributed by atoms with Gasteiger partial charge in [0, 0.05) is 6.20 Å². The quantitative estimate of drug-likeness (QED) is 0.380. The lowest BCUT2D eigenvalue weighted by molar-refractivity contribution is 1.28. The van der Waals surface area contributed by atoms with Crippen LogP contribution in [0.3, 0.4) is 0 Å². The molecule has 0 aromatic carbocycles. The molecule has 0 radical (unpaired) electrons. The molecule has 0 aromatic heterocycles. The first kappa shape index (κ1) is 8.32. The molecule has 0 saturated carbocycles. The van der Waals surface area contributed by atoms with E-state index >= 15 is 0 Å². The highest BCUT2D eigenvalue weighted by Crippen LogP contribution is 1.68.